The SMILES string of the molecule is Cc1nccc(C2CN(Cc3cn[nH]c3-c3cccs3)CCO2)n1. The molecule has 0 saturated carbocycles. The standard InChI is InChI=1S/C17H19N5OS/c1-12-18-5-4-14(20-12)15-11-22(6-7-23-15)10-13-9-19-21-17(13)16-3-2-8-24-16/h2-5,8-9,15H,6-7,10-11H2,1H3,(H,19,21). The summed E-state index contributed by atoms with van der Waals surface area (Å²) in [7, 11) is 0. The van der Waals surface area contributed by atoms with Crippen molar-refractivity contribution in [2.45, 2.75) is 19.6 Å². The lowest BCUT2D eigenvalue weighted by Gasteiger charge is -2.32. The maximum absolute atomic E-state index is 5.92. The summed E-state index contributed by atoms with van der Waals surface area (Å²) < 4.78 is 5.92. The molecule has 4 heterocycles. The van der Waals surface area contributed by atoms with Crippen molar-refractivity contribution in [3.05, 3.63) is 53.1 Å². The average Bonchev–Trinajstić information content (AvgIpc) is 3.26. The van der Waals surface area contributed by atoms with Gasteiger partial charge in [0.25, 0.3) is 0 Å². The molecular weight excluding hydrogens is 322 g/mol. The summed E-state index contributed by atoms with van der Waals surface area (Å²) in [5, 5.41) is 9.45. The fourth-order valence-electron chi connectivity index (χ4n) is 2.98. The van der Waals surface area contributed by atoms with E-state index in [1.54, 1.807) is 17.5 Å². The Morgan fingerprint density at radius 3 is 3.21 bits per heavy atom. The number of thiophene rings is 1. The Kier molecular flexibility index (Phi) is 4.38. The smallest absolute Gasteiger partial charge is 0.125 e. The van der Waals surface area contributed by atoms with E-state index in [0.29, 0.717) is 6.61 Å². The van der Waals surface area contributed by atoms with Crippen molar-refractivity contribution in [3.63, 3.8) is 0 Å². The van der Waals surface area contributed by atoms with Crippen LogP contribution in [0.2, 0.25) is 0 Å². The number of nitrogens with one attached hydrogen (secondary N) is 1. The van der Waals surface area contributed by atoms with Gasteiger partial charge in [-0.25, -0.2) is 9.97 Å². The minimum absolute atomic E-state index is 0.00228. The fourth-order valence-corrected chi connectivity index (χ4v) is 3.74. The molecule has 0 spiro atoms. The van der Waals surface area contributed by atoms with Gasteiger partial charge in [0.05, 0.1) is 29.1 Å². The van der Waals surface area contributed by atoms with E-state index in [9.17, 15) is 0 Å². The number of aromatic nitrogens is 4. The van der Waals surface area contributed by atoms with Gasteiger partial charge in [0, 0.05) is 31.4 Å². The van der Waals surface area contributed by atoms with Crippen LogP contribution in [-0.2, 0) is 11.3 Å². The van der Waals surface area contributed by atoms with Crippen LogP contribution in [0.3, 0.4) is 0 Å². The highest BCUT2D eigenvalue weighted by atomic mass is 32.1. The molecule has 0 aliphatic carbocycles. The van der Waals surface area contributed by atoms with Crippen molar-refractivity contribution in [1.82, 2.24) is 25.1 Å². The molecule has 3 aromatic rings. The van der Waals surface area contributed by atoms with Crippen LogP contribution in [0.15, 0.2) is 36.0 Å². The molecule has 0 radical (unpaired) electrons. The number of hydrogen-bond donors (Lipinski definition) is 1. The summed E-state index contributed by atoms with van der Waals surface area (Å²) >= 11 is 1.72. The third-order valence-electron chi connectivity index (χ3n) is 4.16. The molecule has 0 aromatic carbocycles. The van der Waals surface area contributed by atoms with Crippen LogP contribution < -0.4 is 0 Å². The molecule has 3 aromatic heterocycles. The van der Waals surface area contributed by atoms with Crippen molar-refractivity contribution in [2.75, 3.05) is 19.7 Å². The lowest BCUT2D eigenvalue weighted by molar-refractivity contribution is -0.0350. The molecule has 24 heavy (non-hydrogen) atoms. The number of aryl methyl sites for hydroxylation is 1. The Hall–Kier alpha value is -2.09. The Morgan fingerprint density at radius 1 is 1.42 bits per heavy atom. The molecule has 1 atom stereocenters. The summed E-state index contributed by atoms with van der Waals surface area (Å²) in [5.41, 5.74) is 3.29. The zero-order valence-corrected chi connectivity index (χ0v) is 14.3. The Morgan fingerprint density at radius 2 is 2.38 bits per heavy atom. The van der Waals surface area contributed by atoms with E-state index in [0.717, 1.165) is 36.8 Å². The van der Waals surface area contributed by atoms with E-state index in [4.69, 9.17) is 4.74 Å². The van der Waals surface area contributed by atoms with Gasteiger partial charge in [-0.2, -0.15) is 5.10 Å². The van der Waals surface area contributed by atoms with E-state index >= 15 is 0 Å². The first-order valence-corrected chi connectivity index (χ1v) is 8.87. The van der Waals surface area contributed by atoms with Gasteiger partial charge in [0.2, 0.25) is 0 Å². The zero-order chi connectivity index (χ0) is 16.4. The monoisotopic (exact) mass is 341 g/mol. The van der Waals surface area contributed by atoms with Crippen LogP contribution in [0.4, 0.5) is 0 Å². The third-order valence-corrected chi connectivity index (χ3v) is 5.04. The van der Waals surface area contributed by atoms with Crippen molar-refractivity contribution in [2.24, 2.45) is 0 Å². The van der Waals surface area contributed by atoms with Gasteiger partial charge in [-0.1, -0.05) is 6.07 Å². The molecule has 6 nitrogen and oxygen atoms in total. The van der Waals surface area contributed by atoms with Gasteiger partial charge in [-0.05, 0) is 24.4 Å². The van der Waals surface area contributed by atoms with Gasteiger partial charge >= 0.3 is 0 Å². The van der Waals surface area contributed by atoms with Crippen molar-refractivity contribution < 1.29 is 4.74 Å². The molecule has 1 unspecified atom stereocenters. The first-order valence-electron chi connectivity index (χ1n) is 7.99. The molecule has 1 fully saturated rings. The zero-order valence-electron chi connectivity index (χ0n) is 13.5. The summed E-state index contributed by atoms with van der Waals surface area (Å²) in [4.78, 5) is 12.3. The molecule has 0 amide bonds. The molecule has 1 N–H and O–H groups in total. The van der Waals surface area contributed by atoms with Gasteiger partial charge in [0.1, 0.15) is 11.9 Å². The van der Waals surface area contributed by atoms with E-state index in [1.807, 2.05) is 19.2 Å². The van der Waals surface area contributed by atoms with Gasteiger partial charge in [0.15, 0.2) is 0 Å². The Balaban J connectivity index is 1.49. The number of hydrogen-bond acceptors (Lipinski definition) is 6. The predicted octanol–water partition coefficient (Wildman–Crippen LogP) is 2.81. The summed E-state index contributed by atoms with van der Waals surface area (Å²) in [6.07, 6.45) is 3.72. The van der Waals surface area contributed by atoms with Crippen LogP contribution in [0.25, 0.3) is 10.6 Å². The average molecular weight is 341 g/mol. The molecule has 4 rings (SSSR count). The minimum Gasteiger partial charge on any atom is -0.369 e. The van der Waals surface area contributed by atoms with Crippen LogP contribution in [0, 0.1) is 6.92 Å². The summed E-state index contributed by atoms with van der Waals surface area (Å²) in [5.74, 6) is 0.781. The second-order valence-corrected chi connectivity index (χ2v) is 6.82. The summed E-state index contributed by atoms with van der Waals surface area (Å²) in [6.45, 7) is 5.21. The highest BCUT2D eigenvalue weighted by Gasteiger charge is 2.24. The number of H-pyrrole nitrogens is 1. The highest BCUT2D eigenvalue weighted by molar-refractivity contribution is 7.13. The van der Waals surface area contributed by atoms with Gasteiger partial charge < -0.3 is 4.74 Å². The summed E-state index contributed by atoms with van der Waals surface area (Å²) in [6, 6.07) is 6.12. The number of morpholine rings is 1. The predicted molar refractivity (Wildman–Crippen MR) is 92.6 cm³/mol. The molecule has 0 bridgehead atoms. The molecule has 1 saturated heterocycles. The van der Waals surface area contributed by atoms with E-state index in [1.165, 1.54) is 10.4 Å². The van der Waals surface area contributed by atoms with Crippen molar-refractivity contribution in [3.8, 4) is 10.6 Å². The Labute approximate surface area is 144 Å². The van der Waals surface area contributed by atoms with Gasteiger partial charge in [-0.3, -0.25) is 10.00 Å². The van der Waals surface area contributed by atoms with Crippen LogP contribution in [0.5, 0.6) is 0 Å². The van der Waals surface area contributed by atoms with Crippen molar-refractivity contribution in [1.29, 1.82) is 0 Å². The van der Waals surface area contributed by atoms with E-state index < -0.39 is 0 Å². The number of ether oxygens (including phenoxy) is 1. The molecule has 1 aliphatic rings. The quantitative estimate of drug-likeness (QED) is 0.790. The maximum Gasteiger partial charge on any atom is 0.125 e. The topological polar surface area (TPSA) is 66.9 Å². The number of rotatable bonds is 4. The van der Waals surface area contributed by atoms with E-state index in [-0.39, 0.29) is 6.10 Å². The second-order valence-electron chi connectivity index (χ2n) is 5.87. The number of aromatic amines is 1. The maximum atomic E-state index is 5.92. The van der Waals surface area contributed by atoms with Crippen LogP contribution in [0.1, 0.15) is 23.2 Å². The van der Waals surface area contributed by atoms with Crippen LogP contribution >= 0.6 is 11.3 Å². The lowest BCUT2D eigenvalue weighted by atomic mass is 10.1. The third kappa shape index (κ3) is 3.24. The molecule has 1 aliphatic heterocycles. The lowest BCUT2D eigenvalue weighted by Crippen LogP contribution is -2.38. The second kappa shape index (κ2) is 6.80. The normalized spacial score (nSPS) is 18.8. The van der Waals surface area contributed by atoms with Crippen molar-refractivity contribution >= 4 is 11.3 Å². The van der Waals surface area contributed by atoms with E-state index in [2.05, 4.69) is 42.6 Å². The van der Waals surface area contributed by atoms with Crippen LogP contribution in [-0.4, -0.2) is 44.8 Å². The first-order chi connectivity index (χ1) is 11.8. The van der Waals surface area contributed by atoms with Gasteiger partial charge in [-0.15, -0.1) is 11.3 Å². The molecule has 124 valence electrons. The molecule has 7 heteroatoms. The fraction of sp³-hybridized carbons (Fsp3) is 0.353. The first kappa shape index (κ1) is 15.4. The highest BCUT2D eigenvalue weighted by Crippen LogP contribution is 2.28. The minimum atomic E-state index is -0.00228. The number of nitrogens with zero attached hydrogens (tertiary/aromatic N) is 4. The largest absolute Gasteiger partial charge is 0.369 e. The molecular formula is C17H19N5OS. The Bertz CT molecular complexity index is 801.